The van der Waals surface area contributed by atoms with Crippen LogP contribution in [0.4, 0.5) is 0 Å². The molecule has 0 aliphatic heterocycles. The van der Waals surface area contributed by atoms with Gasteiger partial charge in [-0.25, -0.2) is 4.79 Å². The summed E-state index contributed by atoms with van der Waals surface area (Å²) in [5.41, 5.74) is 0.000694. The lowest BCUT2D eigenvalue weighted by Crippen LogP contribution is -2.51. The maximum absolute atomic E-state index is 10.5. The molecule has 4 bridgehead atoms. The van der Waals surface area contributed by atoms with Gasteiger partial charge in [0.15, 0.2) is 0 Å². The topological polar surface area (TPSA) is 57.5 Å². The minimum atomic E-state index is -0.964. The van der Waals surface area contributed by atoms with E-state index in [1.165, 1.54) is 25.3 Å². The second-order valence-corrected chi connectivity index (χ2v) is 6.42. The van der Waals surface area contributed by atoms with Gasteiger partial charge in [-0.3, -0.25) is 0 Å². The number of aliphatic carboxylic acids is 1. The van der Waals surface area contributed by atoms with Crippen LogP contribution in [0.5, 0.6) is 0 Å². The van der Waals surface area contributed by atoms with Crippen LogP contribution >= 0.6 is 0 Å². The number of carboxylic acids is 1. The fourth-order valence-electron chi connectivity index (χ4n) is 4.92. The van der Waals surface area contributed by atoms with Crippen molar-refractivity contribution in [1.82, 2.24) is 0 Å². The maximum Gasteiger partial charge on any atom is 0.328 e. The minimum Gasteiger partial charge on any atom is -0.478 e. The van der Waals surface area contributed by atoms with Gasteiger partial charge >= 0.3 is 5.97 Å². The molecule has 0 spiro atoms. The van der Waals surface area contributed by atoms with Crippen molar-refractivity contribution < 1.29 is 15.0 Å². The zero-order valence-corrected chi connectivity index (χ0v) is 10.0. The van der Waals surface area contributed by atoms with Crippen LogP contribution in [-0.4, -0.2) is 22.3 Å². The zero-order chi connectivity index (χ0) is 12.0. The summed E-state index contributed by atoms with van der Waals surface area (Å²) in [6, 6.07) is 0. The van der Waals surface area contributed by atoms with Crippen LogP contribution < -0.4 is 0 Å². The van der Waals surface area contributed by atoms with Crippen LogP contribution in [0.25, 0.3) is 0 Å². The van der Waals surface area contributed by atoms with Gasteiger partial charge in [0.25, 0.3) is 0 Å². The molecule has 4 aliphatic carbocycles. The number of hydrogen-bond acceptors (Lipinski definition) is 2. The number of carboxylic acid groups (broad SMARTS) is 1. The molecule has 3 nitrogen and oxygen atoms in total. The molecule has 4 saturated carbocycles. The predicted molar refractivity (Wildman–Crippen MR) is 63.4 cm³/mol. The van der Waals surface area contributed by atoms with Gasteiger partial charge in [0, 0.05) is 11.5 Å². The van der Waals surface area contributed by atoms with E-state index in [1.54, 1.807) is 0 Å². The van der Waals surface area contributed by atoms with Crippen molar-refractivity contribution in [2.75, 3.05) is 0 Å². The number of aliphatic hydroxyl groups is 1. The summed E-state index contributed by atoms with van der Waals surface area (Å²) in [4.78, 5) is 10.5. The van der Waals surface area contributed by atoms with E-state index < -0.39 is 12.1 Å². The molecule has 3 heteroatoms. The first-order valence-corrected chi connectivity index (χ1v) is 6.66. The lowest BCUT2D eigenvalue weighted by molar-refractivity contribution is -0.131. The highest BCUT2D eigenvalue weighted by Gasteiger charge is 2.53. The van der Waals surface area contributed by atoms with E-state index in [-0.39, 0.29) is 5.41 Å². The molecule has 94 valence electrons. The molecule has 4 aliphatic rings. The van der Waals surface area contributed by atoms with Crippen LogP contribution in [0.1, 0.15) is 38.5 Å². The van der Waals surface area contributed by atoms with E-state index in [4.69, 9.17) is 5.11 Å². The molecule has 0 radical (unpaired) electrons. The van der Waals surface area contributed by atoms with Crippen molar-refractivity contribution in [1.29, 1.82) is 0 Å². The molecule has 0 aromatic rings. The molecule has 2 N–H and O–H groups in total. The Labute approximate surface area is 102 Å². The van der Waals surface area contributed by atoms with Crippen LogP contribution in [0, 0.1) is 23.2 Å². The summed E-state index contributed by atoms with van der Waals surface area (Å²) < 4.78 is 0. The van der Waals surface area contributed by atoms with Crippen molar-refractivity contribution in [3.63, 3.8) is 0 Å². The van der Waals surface area contributed by atoms with E-state index in [2.05, 4.69) is 0 Å². The Kier molecular flexibility index (Phi) is 2.54. The lowest BCUT2D eigenvalue weighted by atomic mass is 9.48. The molecular weight excluding hydrogens is 216 g/mol. The quantitative estimate of drug-likeness (QED) is 0.739. The fraction of sp³-hybridized carbons (Fsp3) is 0.786. The zero-order valence-electron chi connectivity index (χ0n) is 10.0. The summed E-state index contributed by atoms with van der Waals surface area (Å²) in [6.07, 6.45) is 9.36. The van der Waals surface area contributed by atoms with E-state index in [0.29, 0.717) is 0 Å². The Morgan fingerprint density at radius 2 is 1.59 bits per heavy atom. The van der Waals surface area contributed by atoms with Gasteiger partial charge in [-0.1, -0.05) is 0 Å². The number of hydrogen-bond donors (Lipinski definition) is 2. The molecular formula is C14H20O3. The highest BCUT2D eigenvalue weighted by molar-refractivity contribution is 5.79. The van der Waals surface area contributed by atoms with Crippen LogP contribution in [0.15, 0.2) is 12.2 Å². The molecule has 1 atom stereocenters. The average Bonchev–Trinajstić information content (AvgIpc) is 2.23. The van der Waals surface area contributed by atoms with Gasteiger partial charge in [0.05, 0.1) is 6.10 Å². The van der Waals surface area contributed by atoms with E-state index in [0.717, 1.165) is 43.1 Å². The van der Waals surface area contributed by atoms with Gasteiger partial charge in [-0.2, -0.15) is 0 Å². The van der Waals surface area contributed by atoms with E-state index >= 15 is 0 Å². The number of carbonyl (C=O) groups is 1. The highest BCUT2D eigenvalue weighted by atomic mass is 16.4. The predicted octanol–water partition coefficient (Wildman–Crippen LogP) is 2.20. The van der Waals surface area contributed by atoms with Gasteiger partial charge in [0.1, 0.15) is 0 Å². The molecule has 1 unspecified atom stereocenters. The summed E-state index contributed by atoms with van der Waals surface area (Å²) in [7, 11) is 0. The summed E-state index contributed by atoms with van der Waals surface area (Å²) in [6.45, 7) is 0. The Morgan fingerprint density at radius 3 is 2.00 bits per heavy atom. The normalized spacial score (nSPS) is 45.4. The Morgan fingerprint density at radius 1 is 1.12 bits per heavy atom. The average molecular weight is 236 g/mol. The minimum absolute atomic E-state index is 0.000694. The van der Waals surface area contributed by atoms with Crippen molar-refractivity contribution in [3.8, 4) is 0 Å². The third-order valence-electron chi connectivity index (χ3n) is 5.13. The largest absolute Gasteiger partial charge is 0.478 e. The van der Waals surface area contributed by atoms with Crippen LogP contribution in [0.3, 0.4) is 0 Å². The smallest absolute Gasteiger partial charge is 0.328 e. The van der Waals surface area contributed by atoms with Crippen molar-refractivity contribution in [2.45, 2.75) is 44.6 Å². The van der Waals surface area contributed by atoms with Gasteiger partial charge in [0.2, 0.25) is 0 Å². The van der Waals surface area contributed by atoms with Crippen LogP contribution in [0.2, 0.25) is 0 Å². The Hall–Kier alpha value is -0.830. The number of rotatable bonds is 3. The highest BCUT2D eigenvalue weighted by Crippen LogP contribution is 2.61. The van der Waals surface area contributed by atoms with Gasteiger partial charge in [-0.15, -0.1) is 0 Å². The first-order valence-electron chi connectivity index (χ1n) is 6.66. The summed E-state index contributed by atoms with van der Waals surface area (Å²) in [5.74, 6) is 1.39. The third-order valence-corrected chi connectivity index (χ3v) is 5.13. The third kappa shape index (κ3) is 1.90. The number of aliphatic hydroxyl groups excluding tert-OH is 1. The van der Waals surface area contributed by atoms with E-state index in [9.17, 15) is 9.90 Å². The molecule has 0 aromatic carbocycles. The lowest BCUT2D eigenvalue weighted by Gasteiger charge is -2.58. The van der Waals surface area contributed by atoms with Gasteiger partial charge in [-0.05, 0) is 62.4 Å². The van der Waals surface area contributed by atoms with Crippen molar-refractivity contribution >= 4 is 5.97 Å². The molecule has 0 amide bonds. The summed E-state index contributed by atoms with van der Waals surface area (Å²) >= 11 is 0. The molecule has 4 rings (SSSR count). The molecule has 0 saturated heterocycles. The molecule has 0 heterocycles. The first-order chi connectivity index (χ1) is 8.07. The van der Waals surface area contributed by atoms with Crippen LogP contribution in [-0.2, 0) is 4.79 Å². The van der Waals surface area contributed by atoms with Crippen molar-refractivity contribution in [2.24, 2.45) is 23.2 Å². The fourth-order valence-corrected chi connectivity index (χ4v) is 4.92. The second kappa shape index (κ2) is 3.84. The molecule has 0 aromatic heterocycles. The van der Waals surface area contributed by atoms with Gasteiger partial charge < -0.3 is 10.2 Å². The SMILES string of the molecule is O=C(O)/C=C/C(O)C12CC3CC(CC(C3)C1)C2. The Bertz CT molecular complexity index is 323. The van der Waals surface area contributed by atoms with E-state index in [1.807, 2.05) is 0 Å². The second-order valence-electron chi connectivity index (χ2n) is 6.42. The maximum atomic E-state index is 10.5. The van der Waals surface area contributed by atoms with Crippen molar-refractivity contribution in [3.05, 3.63) is 12.2 Å². The summed E-state index contributed by atoms with van der Waals surface area (Å²) in [5, 5.41) is 19.0. The molecule has 4 fully saturated rings. The molecule has 17 heavy (non-hydrogen) atoms. The monoisotopic (exact) mass is 236 g/mol. The first kappa shape index (κ1) is 11.3. The Balaban J connectivity index is 1.79. The standard InChI is InChI=1S/C14H20O3/c15-12(1-2-13(16)17)14-6-9-3-10(7-14)5-11(4-9)8-14/h1-2,9-12,15H,3-8H2,(H,16,17)/b2-1+.